The van der Waals surface area contributed by atoms with Crippen molar-refractivity contribution in [3.63, 3.8) is 0 Å². The fourth-order valence-corrected chi connectivity index (χ4v) is 4.95. The van der Waals surface area contributed by atoms with Gasteiger partial charge < -0.3 is 0 Å². The van der Waals surface area contributed by atoms with Gasteiger partial charge in [-0.2, -0.15) is 0 Å². The molecule has 3 heteroatoms. The monoisotopic (exact) mass is 298 g/mol. The van der Waals surface area contributed by atoms with Crippen LogP contribution >= 0.6 is 0 Å². The Morgan fingerprint density at radius 1 is 1.18 bits per heavy atom. The molecule has 17 heavy (non-hydrogen) atoms. The van der Waals surface area contributed by atoms with Crippen molar-refractivity contribution in [3.8, 4) is 0 Å². The van der Waals surface area contributed by atoms with Gasteiger partial charge in [-0.15, -0.1) is 0 Å². The quantitative estimate of drug-likeness (QED) is 0.793. The Morgan fingerprint density at radius 2 is 2.06 bits per heavy atom. The standard InChI is InChI=1S/C14H18O2Se/c1-2-5-12(6-3-1)17-10-11-9-16-14-13(11)7-4-8-15-14/h1-3,5-6,11,13-14H,4,7-10H2/t11-,13+,14-/m1/s1. The van der Waals surface area contributed by atoms with Gasteiger partial charge in [0.1, 0.15) is 0 Å². The molecule has 0 N–H and O–H groups in total. The van der Waals surface area contributed by atoms with Crippen molar-refractivity contribution in [3.05, 3.63) is 30.3 Å². The van der Waals surface area contributed by atoms with Crippen LogP contribution in [0.25, 0.3) is 0 Å². The van der Waals surface area contributed by atoms with Gasteiger partial charge in [0.15, 0.2) is 0 Å². The zero-order valence-electron chi connectivity index (χ0n) is 9.88. The molecule has 1 aromatic carbocycles. The SMILES string of the molecule is c1ccc([Se]C[C@H]2CO[C@H]3OCCC[C@@H]23)cc1. The van der Waals surface area contributed by atoms with Crippen LogP contribution in [0.15, 0.2) is 30.3 Å². The van der Waals surface area contributed by atoms with Crippen LogP contribution in [-0.4, -0.2) is 34.5 Å². The van der Waals surface area contributed by atoms with Crippen LogP contribution in [0.1, 0.15) is 12.8 Å². The molecule has 2 fully saturated rings. The van der Waals surface area contributed by atoms with Gasteiger partial charge in [-0.25, -0.2) is 0 Å². The molecule has 2 heterocycles. The molecule has 3 atom stereocenters. The Labute approximate surface area is 109 Å². The summed E-state index contributed by atoms with van der Waals surface area (Å²) in [4.78, 5) is 0. The summed E-state index contributed by atoms with van der Waals surface area (Å²) in [6.07, 6.45) is 2.61. The molecule has 2 nitrogen and oxygen atoms in total. The van der Waals surface area contributed by atoms with Crippen LogP contribution in [0.2, 0.25) is 5.32 Å². The molecule has 2 aliphatic heterocycles. The van der Waals surface area contributed by atoms with Crippen molar-refractivity contribution in [1.82, 2.24) is 0 Å². The Kier molecular flexibility index (Phi) is 3.82. The Bertz CT molecular complexity index is 354. The van der Waals surface area contributed by atoms with Crippen molar-refractivity contribution >= 4 is 19.4 Å². The van der Waals surface area contributed by atoms with Gasteiger partial charge in [0.25, 0.3) is 0 Å². The first kappa shape index (κ1) is 11.7. The van der Waals surface area contributed by atoms with Gasteiger partial charge in [-0.1, -0.05) is 0 Å². The first-order valence-electron chi connectivity index (χ1n) is 6.34. The molecular formula is C14H18O2Se. The molecule has 92 valence electrons. The molecule has 0 aromatic heterocycles. The van der Waals surface area contributed by atoms with Crippen LogP contribution in [0.4, 0.5) is 0 Å². The molecule has 0 unspecified atom stereocenters. The van der Waals surface area contributed by atoms with Gasteiger partial charge >= 0.3 is 109 Å². The number of hydrogen-bond donors (Lipinski definition) is 0. The van der Waals surface area contributed by atoms with Crippen LogP contribution < -0.4 is 4.46 Å². The van der Waals surface area contributed by atoms with E-state index in [1.165, 1.54) is 22.6 Å². The summed E-state index contributed by atoms with van der Waals surface area (Å²) in [6, 6.07) is 10.8. The van der Waals surface area contributed by atoms with E-state index in [1.54, 1.807) is 0 Å². The van der Waals surface area contributed by atoms with Crippen LogP contribution in [0.5, 0.6) is 0 Å². The molecular weight excluding hydrogens is 279 g/mol. The van der Waals surface area contributed by atoms with Gasteiger partial charge in [0.2, 0.25) is 0 Å². The number of ether oxygens (including phenoxy) is 2. The van der Waals surface area contributed by atoms with E-state index in [0.29, 0.717) is 20.9 Å². The number of fused-ring (bicyclic) bond motifs is 1. The van der Waals surface area contributed by atoms with E-state index in [1.807, 2.05) is 0 Å². The second kappa shape index (κ2) is 5.53. The summed E-state index contributed by atoms with van der Waals surface area (Å²) in [7, 11) is 0. The molecule has 0 bridgehead atoms. The summed E-state index contributed by atoms with van der Waals surface area (Å²) in [5.74, 6) is 1.38. The van der Waals surface area contributed by atoms with Gasteiger partial charge in [0, 0.05) is 0 Å². The van der Waals surface area contributed by atoms with Gasteiger partial charge in [0.05, 0.1) is 0 Å². The maximum absolute atomic E-state index is 5.75. The summed E-state index contributed by atoms with van der Waals surface area (Å²) in [5.41, 5.74) is 0. The molecule has 2 saturated heterocycles. The molecule has 0 amide bonds. The minimum absolute atomic E-state index is 0.111. The van der Waals surface area contributed by atoms with Crippen LogP contribution in [-0.2, 0) is 9.47 Å². The molecule has 2 aliphatic rings. The summed E-state index contributed by atoms with van der Waals surface area (Å²) < 4.78 is 12.9. The van der Waals surface area contributed by atoms with E-state index in [-0.39, 0.29) is 6.29 Å². The molecule has 0 saturated carbocycles. The van der Waals surface area contributed by atoms with Crippen LogP contribution in [0, 0.1) is 11.8 Å². The molecule has 1 aromatic rings. The zero-order valence-corrected chi connectivity index (χ0v) is 11.6. The first-order valence-corrected chi connectivity index (χ1v) is 8.41. The van der Waals surface area contributed by atoms with E-state index < -0.39 is 0 Å². The van der Waals surface area contributed by atoms with E-state index in [2.05, 4.69) is 30.3 Å². The third-order valence-corrected chi connectivity index (χ3v) is 6.12. The fourth-order valence-electron chi connectivity index (χ4n) is 2.64. The zero-order chi connectivity index (χ0) is 11.5. The topological polar surface area (TPSA) is 18.5 Å². The normalized spacial score (nSPS) is 32.4. The van der Waals surface area contributed by atoms with Crippen molar-refractivity contribution in [1.29, 1.82) is 0 Å². The predicted octanol–water partition coefficient (Wildman–Crippen LogP) is 1.83. The third-order valence-electron chi connectivity index (χ3n) is 3.60. The maximum atomic E-state index is 5.75. The first-order chi connectivity index (χ1) is 8.43. The minimum atomic E-state index is 0.111. The van der Waals surface area contributed by atoms with Crippen molar-refractivity contribution in [2.75, 3.05) is 13.2 Å². The predicted molar refractivity (Wildman–Crippen MR) is 68.5 cm³/mol. The summed E-state index contributed by atoms with van der Waals surface area (Å²) in [6.45, 7) is 1.79. The number of benzene rings is 1. The summed E-state index contributed by atoms with van der Waals surface area (Å²) >= 11 is 0.585. The fraction of sp³-hybridized carbons (Fsp3) is 0.571. The molecule has 0 aliphatic carbocycles. The molecule has 0 radical (unpaired) electrons. The van der Waals surface area contributed by atoms with Crippen molar-refractivity contribution in [2.45, 2.75) is 24.5 Å². The summed E-state index contributed by atoms with van der Waals surface area (Å²) in [5, 5.41) is 1.29. The van der Waals surface area contributed by atoms with E-state index in [4.69, 9.17) is 9.47 Å². The molecule has 0 spiro atoms. The van der Waals surface area contributed by atoms with E-state index in [0.717, 1.165) is 19.1 Å². The Hall–Kier alpha value is -0.341. The number of rotatable bonds is 3. The second-order valence-electron chi connectivity index (χ2n) is 4.76. The van der Waals surface area contributed by atoms with Crippen molar-refractivity contribution < 1.29 is 9.47 Å². The van der Waals surface area contributed by atoms with Crippen LogP contribution in [0.3, 0.4) is 0 Å². The van der Waals surface area contributed by atoms with E-state index >= 15 is 0 Å². The Morgan fingerprint density at radius 3 is 2.94 bits per heavy atom. The average Bonchev–Trinajstić information content (AvgIpc) is 2.81. The third kappa shape index (κ3) is 2.74. The van der Waals surface area contributed by atoms with E-state index in [9.17, 15) is 0 Å². The second-order valence-corrected chi connectivity index (χ2v) is 7.06. The van der Waals surface area contributed by atoms with Crippen molar-refractivity contribution in [2.24, 2.45) is 11.8 Å². The van der Waals surface area contributed by atoms with Gasteiger partial charge in [-0.3, -0.25) is 0 Å². The van der Waals surface area contributed by atoms with Gasteiger partial charge in [-0.05, 0) is 0 Å². The molecule has 3 rings (SSSR count). The number of hydrogen-bond acceptors (Lipinski definition) is 2. The average molecular weight is 297 g/mol. The Balaban J connectivity index is 1.55.